The van der Waals surface area contributed by atoms with Crippen LogP contribution >= 0.6 is 0 Å². The molecule has 0 aromatic carbocycles. The molecule has 2 rings (SSSR count). The van der Waals surface area contributed by atoms with E-state index < -0.39 is 11.6 Å². The first-order valence-electron chi connectivity index (χ1n) is 7.96. The third-order valence-corrected chi connectivity index (χ3v) is 3.63. The van der Waals surface area contributed by atoms with Gasteiger partial charge in [-0.3, -0.25) is 4.68 Å². The molecule has 0 unspecified atom stereocenters. The average molecular weight is 339 g/mol. The van der Waals surface area contributed by atoms with Gasteiger partial charge in [-0.05, 0) is 20.8 Å². The first-order valence-corrected chi connectivity index (χ1v) is 7.96. The summed E-state index contributed by atoms with van der Waals surface area (Å²) in [7, 11) is 2.98. The van der Waals surface area contributed by atoms with Gasteiger partial charge < -0.3 is 19.1 Å². The molecule has 0 aliphatic carbocycles. The Balaban J connectivity index is 1.87. The monoisotopic (exact) mass is 339 g/mol. The van der Waals surface area contributed by atoms with E-state index in [-0.39, 0.29) is 12.2 Å². The van der Waals surface area contributed by atoms with Crippen molar-refractivity contribution in [3.8, 4) is 5.88 Å². The number of carbonyl (C=O) groups excluding carboxylic acids is 2. The second-order valence-electron chi connectivity index (χ2n) is 6.77. The van der Waals surface area contributed by atoms with Crippen molar-refractivity contribution in [3.63, 3.8) is 0 Å². The zero-order chi connectivity index (χ0) is 17.9. The zero-order valence-electron chi connectivity index (χ0n) is 14.9. The number of esters is 1. The maximum Gasteiger partial charge on any atom is 0.410 e. The number of ether oxygens (including phenoxy) is 3. The highest BCUT2D eigenvalue weighted by Crippen LogP contribution is 2.20. The van der Waals surface area contributed by atoms with Crippen LogP contribution in [0, 0.1) is 0 Å². The topological polar surface area (TPSA) is 82.9 Å². The summed E-state index contributed by atoms with van der Waals surface area (Å²) in [6, 6.07) is 1.56. The average Bonchev–Trinajstić information content (AvgIpc) is 2.86. The molecule has 134 valence electrons. The molecule has 1 fully saturated rings. The van der Waals surface area contributed by atoms with Gasteiger partial charge in [-0.25, -0.2) is 9.59 Å². The van der Waals surface area contributed by atoms with Gasteiger partial charge in [0, 0.05) is 39.0 Å². The van der Waals surface area contributed by atoms with E-state index in [0.29, 0.717) is 37.5 Å². The lowest BCUT2D eigenvalue weighted by Gasteiger charge is -2.33. The van der Waals surface area contributed by atoms with Crippen LogP contribution < -0.4 is 4.74 Å². The molecule has 1 aliphatic heterocycles. The minimum atomic E-state index is -0.497. The standard InChI is InChI=1S/C16H25N3O5/c1-16(2,3)24-15(21)19-8-6-11(7-9-19)23-13-10-12(14(20)22-5)18(4)17-13/h10-11H,6-9H2,1-5H3. The van der Waals surface area contributed by atoms with E-state index in [0.717, 1.165) is 0 Å². The predicted molar refractivity (Wildman–Crippen MR) is 86.0 cm³/mol. The van der Waals surface area contributed by atoms with Crippen LogP contribution in [0.4, 0.5) is 4.79 Å². The van der Waals surface area contributed by atoms with Gasteiger partial charge in [-0.1, -0.05) is 0 Å². The van der Waals surface area contributed by atoms with E-state index in [2.05, 4.69) is 9.84 Å². The third-order valence-electron chi connectivity index (χ3n) is 3.63. The van der Waals surface area contributed by atoms with Crippen LogP contribution in [0.1, 0.15) is 44.1 Å². The van der Waals surface area contributed by atoms with Crippen molar-refractivity contribution in [2.24, 2.45) is 7.05 Å². The Bertz CT molecular complexity index is 597. The largest absolute Gasteiger partial charge is 0.473 e. The Morgan fingerprint density at radius 1 is 1.25 bits per heavy atom. The van der Waals surface area contributed by atoms with Crippen LogP contribution in [-0.4, -0.2) is 58.6 Å². The van der Waals surface area contributed by atoms with Crippen molar-refractivity contribution >= 4 is 12.1 Å². The zero-order valence-corrected chi connectivity index (χ0v) is 14.9. The number of rotatable bonds is 3. The molecule has 0 saturated carbocycles. The predicted octanol–water partition coefficient (Wildman–Crippen LogP) is 1.98. The van der Waals surface area contributed by atoms with Crippen molar-refractivity contribution in [2.45, 2.75) is 45.3 Å². The summed E-state index contributed by atoms with van der Waals surface area (Å²) in [5.41, 5.74) is -0.165. The van der Waals surface area contributed by atoms with Crippen LogP contribution in [0.25, 0.3) is 0 Å². The maximum atomic E-state index is 12.0. The molecule has 2 heterocycles. The Morgan fingerprint density at radius 2 is 1.88 bits per heavy atom. The van der Waals surface area contributed by atoms with Crippen LogP contribution in [-0.2, 0) is 16.5 Å². The van der Waals surface area contributed by atoms with Gasteiger partial charge in [0.05, 0.1) is 7.11 Å². The van der Waals surface area contributed by atoms with Crippen LogP contribution in [0.15, 0.2) is 6.07 Å². The second-order valence-corrected chi connectivity index (χ2v) is 6.77. The Labute approximate surface area is 141 Å². The Hall–Kier alpha value is -2.25. The van der Waals surface area contributed by atoms with Crippen molar-refractivity contribution in [1.29, 1.82) is 0 Å². The van der Waals surface area contributed by atoms with Gasteiger partial charge in [0.1, 0.15) is 17.4 Å². The number of amides is 1. The van der Waals surface area contributed by atoms with Crippen molar-refractivity contribution in [2.75, 3.05) is 20.2 Å². The summed E-state index contributed by atoms with van der Waals surface area (Å²) >= 11 is 0. The molecule has 8 heteroatoms. The quantitative estimate of drug-likeness (QED) is 0.783. The molecule has 24 heavy (non-hydrogen) atoms. The first-order chi connectivity index (χ1) is 11.2. The first kappa shape index (κ1) is 18.1. The molecular formula is C16H25N3O5. The summed E-state index contributed by atoms with van der Waals surface area (Å²) < 4.78 is 17.3. The van der Waals surface area contributed by atoms with Crippen LogP contribution in [0.2, 0.25) is 0 Å². The number of hydrogen-bond donors (Lipinski definition) is 0. The Morgan fingerprint density at radius 3 is 2.42 bits per heavy atom. The molecular weight excluding hydrogens is 314 g/mol. The summed E-state index contributed by atoms with van der Waals surface area (Å²) in [6.07, 6.45) is 1.02. The molecule has 0 N–H and O–H groups in total. The molecule has 1 amide bonds. The number of aromatic nitrogens is 2. The molecule has 1 aromatic rings. The lowest BCUT2D eigenvalue weighted by atomic mass is 10.1. The normalized spacial score (nSPS) is 16.0. The number of nitrogens with zero attached hydrogens (tertiary/aromatic N) is 3. The van der Waals surface area contributed by atoms with E-state index >= 15 is 0 Å². The number of hydrogen-bond acceptors (Lipinski definition) is 6. The number of aryl methyl sites for hydroxylation is 1. The van der Waals surface area contributed by atoms with Crippen molar-refractivity contribution < 1.29 is 23.8 Å². The van der Waals surface area contributed by atoms with Crippen LogP contribution in [0.3, 0.4) is 0 Å². The molecule has 1 aliphatic rings. The maximum absolute atomic E-state index is 12.0. The van der Waals surface area contributed by atoms with Crippen LogP contribution in [0.5, 0.6) is 5.88 Å². The fraction of sp³-hybridized carbons (Fsp3) is 0.688. The molecule has 1 saturated heterocycles. The van der Waals surface area contributed by atoms with Gasteiger partial charge in [-0.15, -0.1) is 5.10 Å². The highest BCUT2D eigenvalue weighted by molar-refractivity contribution is 5.87. The van der Waals surface area contributed by atoms with Crippen molar-refractivity contribution in [3.05, 3.63) is 11.8 Å². The van der Waals surface area contributed by atoms with E-state index in [1.165, 1.54) is 11.8 Å². The fourth-order valence-corrected chi connectivity index (χ4v) is 2.45. The summed E-state index contributed by atoms with van der Waals surface area (Å²) in [4.78, 5) is 25.3. The highest BCUT2D eigenvalue weighted by Gasteiger charge is 2.28. The van der Waals surface area contributed by atoms with Crippen molar-refractivity contribution in [1.82, 2.24) is 14.7 Å². The highest BCUT2D eigenvalue weighted by atomic mass is 16.6. The van der Waals surface area contributed by atoms with Gasteiger partial charge in [0.2, 0.25) is 5.88 Å². The fourth-order valence-electron chi connectivity index (χ4n) is 2.45. The number of carbonyl (C=O) groups is 2. The minimum absolute atomic E-state index is 0.0518. The molecule has 1 aromatic heterocycles. The number of likely N-dealkylation sites (tertiary alicyclic amines) is 1. The van der Waals surface area contributed by atoms with Gasteiger partial charge in [-0.2, -0.15) is 0 Å². The summed E-state index contributed by atoms with van der Waals surface area (Å²) in [6.45, 7) is 6.68. The summed E-state index contributed by atoms with van der Waals surface area (Å²) in [5, 5.41) is 4.16. The van der Waals surface area contributed by atoms with E-state index in [9.17, 15) is 9.59 Å². The second kappa shape index (κ2) is 7.11. The molecule has 8 nitrogen and oxygen atoms in total. The third kappa shape index (κ3) is 4.62. The lowest BCUT2D eigenvalue weighted by molar-refractivity contribution is 0.0122. The van der Waals surface area contributed by atoms with E-state index in [1.54, 1.807) is 18.0 Å². The smallest absolute Gasteiger partial charge is 0.410 e. The Kier molecular flexibility index (Phi) is 5.36. The number of methoxy groups -OCH3 is 1. The van der Waals surface area contributed by atoms with Gasteiger partial charge >= 0.3 is 12.1 Å². The minimum Gasteiger partial charge on any atom is -0.473 e. The number of piperidine rings is 1. The molecule has 0 spiro atoms. The van der Waals surface area contributed by atoms with E-state index in [4.69, 9.17) is 9.47 Å². The molecule has 0 radical (unpaired) electrons. The van der Waals surface area contributed by atoms with Gasteiger partial charge in [0.25, 0.3) is 0 Å². The van der Waals surface area contributed by atoms with E-state index in [1.807, 2.05) is 20.8 Å². The molecule has 0 atom stereocenters. The summed E-state index contributed by atoms with van der Waals surface area (Å²) in [5.74, 6) is -0.0757. The van der Waals surface area contributed by atoms with Gasteiger partial charge in [0.15, 0.2) is 0 Å². The lowest BCUT2D eigenvalue weighted by Crippen LogP contribution is -2.44. The SMILES string of the molecule is COC(=O)c1cc(OC2CCN(C(=O)OC(C)(C)C)CC2)nn1C. The molecule has 0 bridgehead atoms.